The van der Waals surface area contributed by atoms with Crippen LogP contribution in [0.5, 0.6) is 5.75 Å². The van der Waals surface area contributed by atoms with E-state index in [4.69, 9.17) is 4.74 Å². The van der Waals surface area contributed by atoms with Crippen molar-refractivity contribution >= 4 is 10.9 Å². The quantitative estimate of drug-likeness (QED) is 0.582. The Hall–Kier alpha value is -3.54. The number of aromatic nitrogens is 2. The SMILES string of the molecule is O=c1[nH]c(-c2ccc(COc3cc(F)ccc3F)cc2)nc2ccccc12. The number of fused-ring (bicyclic) bond motifs is 1. The fraction of sp³-hybridized carbons (Fsp3) is 0.0476. The Morgan fingerprint density at radius 2 is 1.74 bits per heavy atom. The number of rotatable bonds is 4. The summed E-state index contributed by atoms with van der Waals surface area (Å²) in [6.07, 6.45) is 0. The lowest BCUT2D eigenvalue weighted by molar-refractivity contribution is 0.288. The third-order valence-electron chi connectivity index (χ3n) is 4.13. The fourth-order valence-electron chi connectivity index (χ4n) is 2.73. The monoisotopic (exact) mass is 364 g/mol. The van der Waals surface area contributed by atoms with Crippen molar-refractivity contribution in [1.82, 2.24) is 9.97 Å². The Balaban J connectivity index is 1.55. The molecule has 4 nitrogen and oxygen atoms in total. The van der Waals surface area contributed by atoms with E-state index in [-0.39, 0.29) is 17.9 Å². The second-order valence-electron chi connectivity index (χ2n) is 5.99. The van der Waals surface area contributed by atoms with Crippen molar-refractivity contribution in [3.8, 4) is 17.1 Å². The predicted octanol–water partition coefficient (Wildman–Crippen LogP) is 4.45. The average molecular weight is 364 g/mol. The van der Waals surface area contributed by atoms with Gasteiger partial charge in [-0.15, -0.1) is 0 Å². The molecule has 134 valence electrons. The average Bonchev–Trinajstić information content (AvgIpc) is 2.69. The summed E-state index contributed by atoms with van der Waals surface area (Å²) >= 11 is 0. The highest BCUT2D eigenvalue weighted by molar-refractivity contribution is 5.79. The summed E-state index contributed by atoms with van der Waals surface area (Å²) in [7, 11) is 0. The number of benzene rings is 3. The smallest absolute Gasteiger partial charge is 0.259 e. The number of nitrogens with zero attached hydrogens (tertiary/aromatic N) is 1. The maximum Gasteiger partial charge on any atom is 0.259 e. The summed E-state index contributed by atoms with van der Waals surface area (Å²) < 4.78 is 32.1. The molecule has 0 amide bonds. The van der Waals surface area contributed by atoms with Crippen molar-refractivity contribution in [2.24, 2.45) is 0 Å². The number of para-hydroxylation sites is 1. The van der Waals surface area contributed by atoms with Gasteiger partial charge in [0.2, 0.25) is 0 Å². The zero-order valence-electron chi connectivity index (χ0n) is 14.1. The molecule has 3 aromatic carbocycles. The minimum Gasteiger partial charge on any atom is -0.486 e. The Labute approximate surface area is 153 Å². The van der Waals surface area contributed by atoms with Gasteiger partial charge < -0.3 is 9.72 Å². The van der Waals surface area contributed by atoms with Crippen molar-refractivity contribution in [3.05, 3.63) is 94.3 Å². The van der Waals surface area contributed by atoms with Gasteiger partial charge in [-0.2, -0.15) is 0 Å². The zero-order chi connectivity index (χ0) is 18.8. The van der Waals surface area contributed by atoms with Gasteiger partial charge in [0.1, 0.15) is 18.2 Å². The second kappa shape index (κ2) is 6.99. The van der Waals surface area contributed by atoms with E-state index in [1.54, 1.807) is 42.5 Å². The molecule has 4 aromatic rings. The van der Waals surface area contributed by atoms with Gasteiger partial charge in [-0.1, -0.05) is 36.4 Å². The number of nitrogens with one attached hydrogen (secondary N) is 1. The number of H-pyrrole nitrogens is 1. The van der Waals surface area contributed by atoms with Gasteiger partial charge in [-0.3, -0.25) is 4.79 Å². The van der Waals surface area contributed by atoms with Gasteiger partial charge in [-0.25, -0.2) is 13.8 Å². The van der Waals surface area contributed by atoms with Gasteiger partial charge in [0.05, 0.1) is 10.9 Å². The molecule has 4 rings (SSSR count). The predicted molar refractivity (Wildman–Crippen MR) is 98.5 cm³/mol. The summed E-state index contributed by atoms with van der Waals surface area (Å²) in [6.45, 7) is 0.0856. The molecule has 6 heteroatoms. The molecule has 0 saturated heterocycles. The molecule has 0 aliphatic heterocycles. The van der Waals surface area contributed by atoms with Crippen molar-refractivity contribution < 1.29 is 13.5 Å². The number of aromatic amines is 1. The topological polar surface area (TPSA) is 55.0 Å². The second-order valence-corrected chi connectivity index (χ2v) is 5.99. The van der Waals surface area contributed by atoms with E-state index >= 15 is 0 Å². The van der Waals surface area contributed by atoms with Crippen LogP contribution in [0.1, 0.15) is 5.56 Å². The van der Waals surface area contributed by atoms with Crippen molar-refractivity contribution in [2.45, 2.75) is 6.61 Å². The van der Waals surface area contributed by atoms with Crippen LogP contribution >= 0.6 is 0 Å². The maximum absolute atomic E-state index is 13.6. The normalized spacial score (nSPS) is 10.9. The van der Waals surface area contributed by atoms with Crippen LogP contribution < -0.4 is 10.3 Å². The number of ether oxygens (including phenoxy) is 1. The molecule has 0 aliphatic rings. The highest BCUT2D eigenvalue weighted by Crippen LogP contribution is 2.21. The molecule has 0 radical (unpaired) electrons. The van der Waals surface area contributed by atoms with Gasteiger partial charge >= 0.3 is 0 Å². The van der Waals surface area contributed by atoms with Crippen LogP contribution in [0.2, 0.25) is 0 Å². The molecule has 0 fully saturated rings. The van der Waals surface area contributed by atoms with E-state index in [0.717, 1.165) is 29.3 Å². The Kier molecular flexibility index (Phi) is 4.38. The van der Waals surface area contributed by atoms with Crippen molar-refractivity contribution in [1.29, 1.82) is 0 Å². The maximum atomic E-state index is 13.6. The van der Waals surface area contributed by atoms with Gasteiger partial charge in [0.25, 0.3) is 5.56 Å². The largest absolute Gasteiger partial charge is 0.486 e. The standard InChI is InChI=1S/C21H14F2N2O2/c22-15-9-10-17(23)19(11-15)27-12-13-5-7-14(8-6-13)20-24-18-4-2-1-3-16(18)21(26)25-20/h1-11H,12H2,(H,24,25,26). The van der Waals surface area contributed by atoms with Crippen LogP contribution in [0, 0.1) is 11.6 Å². The molecule has 1 N–H and O–H groups in total. The fourth-order valence-corrected chi connectivity index (χ4v) is 2.73. The van der Waals surface area contributed by atoms with Crippen LogP contribution in [-0.2, 0) is 6.61 Å². The van der Waals surface area contributed by atoms with Crippen LogP contribution in [0.4, 0.5) is 8.78 Å². The first-order valence-corrected chi connectivity index (χ1v) is 8.26. The van der Waals surface area contributed by atoms with Gasteiger partial charge in [-0.05, 0) is 29.8 Å². The van der Waals surface area contributed by atoms with Crippen molar-refractivity contribution in [3.63, 3.8) is 0 Å². The van der Waals surface area contributed by atoms with Crippen molar-refractivity contribution in [2.75, 3.05) is 0 Å². The van der Waals surface area contributed by atoms with Crippen LogP contribution in [0.25, 0.3) is 22.3 Å². The van der Waals surface area contributed by atoms with E-state index in [2.05, 4.69) is 9.97 Å². The summed E-state index contributed by atoms with van der Waals surface area (Å²) in [6, 6.07) is 17.3. The minimum atomic E-state index is -0.619. The number of halogens is 2. The molecule has 0 bridgehead atoms. The van der Waals surface area contributed by atoms with E-state index in [0.29, 0.717) is 16.7 Å². The van der Waals surface area contributed by atoms with E-state index in [1.807, 2.05) is 6.07 Å². The molecular weight excluding hydrogens is 350 g/mol. The molecule has 27 heavy (non-hydrogen) atoms. The highest BCUT2D eigenvalue weighted by atomic mass is 19.1. The van der Waals surface area contributed by atoms with E-state index in [9.17, 15) is 13.6 Å². The Bertz CT molecular complexity index is 1170. The molecule has 0 atom stereocenters. The van der Waals surface area contributed by atoms with Crippen LogP contribution in [0.3, 0.4) is 0 Å². The third kappa shape index (κ3) is 3.55. The molecule has 1 aromatic heterocycles. The molecule has 0 unspecified atom stereocenters. The first kappa shape index (κ1) is 16.9. The molecule has 0 saturated carbocycles. The summed E-state index contributed by atoms with van der Waals surface area (Å²) in [5, 5.41) is 0.531. The van der Waals surface area contributed by atoms with Gasteiger partial charge in [0.15, 0.2) is 11.6 Å². The summed E-state index contributed by atoms with van der Waals surface area (Å²) in [5.41, 5.74) is 1.92. The third-order valence-corrected chi connectivity index (χ3v) is 4.13. The number of hydrogen-bond acceptors (Lipinski definition) is 3. The lowest BCUT2D eigenvalue weighted by atomic mass is 10.1. The first-order chi connectivity index (χ1) is 13.1. The summed E-state index contributed by atoms with van der Waals surface area (Å²) in [5.74, 6) is -0.860. The Morgan fingerprint density at radius 3 is 2.56 bits per heavy atom. The molecule has 0 spiro atoms. The van der Waals surface area contributed by atoms with Crippen LogP contribution in [0.15, 0.2) is 71.5 Å². The Morgan fingerprint density at radius 1 is 0.963 bits per heavy atom. The molecule has 0 aliphatic carbocycles. The molecule has 1 heterocycles. The van der Waals surface area contributed by atoms with Crippen LogP contribution in [-0.4, -0.2) is 9.97 Å². The lowest BCUT2D eigenvalue weighted by Gasteiger charge is -2.08. The minimum absolute atomic E-state index is 0.0856. The first-order valence-electron chi connectivity index (χ1n) is 8.26. The summed E-state index contributed by atoms with van der Waals surface area (Å²) in [4.78, 5) is 19.4. The zero-order valence-corrected chi connectivity index (χ0v) is 14.1. The van der Waals surface area contributed by atoms with E-state index < -0.39 is 11.6 Å². The van der Waals surface area contributed by atoms with Gasteiger partial charge in [0, 0.05) is 11.6 Å². The highest BCUT2D eigenvalue weighted by Gasteiger charge is 2.07. The molecular formula is C21H14F2N2O2. The number of hydrogen-bond donors (Lipinski definition) is 1. The lowest BCUT2D eigenvalue weighted by Crippen LogP contribution is -2.09. The van der Waals surface area contributed by atoms with E-state index in [1.165, 1.54) is 0 Å².